The summed E-state index contributed by atoms with van der Waals surface area (Å²) in [5.41, 5.74) is 0. The molecule has 0 amide bonds. The van der Waals surface area contributed by atoms with Gasteiger partial charge in [-0.1, -0.05) is 0 Å². The van der Waals surface area contributed by atoms with Gasteiger partial charge in [-0.3, -0.25) is 4.79 Å². The number of ether oxygens (including phenoxy) is 1. The minimum Gasteiger partial charge on any atom is -0.372 e. The molecule has 1 fully saturated rings. The normalized spacial score (nSPS) is 27.9. The van der Waals surface area contributed by atoms with Crippen LogP contribution >= 0.6 is 0 Å². The Labute approximate surface area is 46.9 Å². The SMILES string of the molecule is N#C[C@H]1COCC1=O. The fourth-order valence-corrected chi connectivity index (χ4v) is 0.580. The first-order valence-electron chi connectivity index (χ1n) is 2.34. The summed E-state index contributed by atoms with van der Waals surface area (Å²) >= 11 is 0. The minimum atomic E-state index is -0.491. The van der Waals surface area contributed by atoms with Gasteiger partial charge in [0.15, 0.2) is 5.78 Å². The third-order valence-corrected chi connectivity index (χ3v) is 1.07. The molecule has 0 unspecified atom stereocenters. The van der Waals surface area contributed by atoms with E-state index in [1.54, 1.807) is 0 Å². The predicted molar refractivity (Wildman–Crippen MR) is 24.9 cm³/mol. The lowest BCUT2D eigenvalue weighted by atomic mass is 10.1. The van der Waals surface area contributed by atoms with Crippen LogP contribution in [0.5, 0.6) is 0 Å². The molecule has 1 atom stereocenters. The maximum absolute atomic E-state index is 10.5. The first-order valence-corrected chi connectivity index (χ1v) is 2.34. The largest absolute Gasteiger partial charge is 0.372 e. The van der Waals surface area contributed by atoms with Gasteiger partial charge >= 0.3 is 0 Å². The topological polar surface area (TPSA) is 50.1 Å². The van der Waals surface area contributed by atoms with E-state index in [9.17, 15) is 4.79 Å². The van der Waals surface area contributed by atoms with Gasteiger partial charge in [-0.25, -0.2) is 0 Å². The van der Waals surface area contributed by atoms with E-state index in [1.807, 2.05) is 6.07 Å². The molecule has 42 valence electrons. The van der Waals surface area contributed by atoms with E-state index in [1.165, 1.54) is 0 Å². The van der Waals surface area contributed by atoms with Crippen molar-refractivity contribution in [3.8, 4) is 6.07 Å². The average Bonchev–Trinajstić information content (AvgIpc) is 2.14. The molecule has 0 spiro atoms. The van der Waals surface area contributed by atoms with Crippen molar-refractivity contribution in [2.75, 3.05) is 13.2 Å². The molecule has 0 bridgehead atoms. The summed E-state index contributed by atoms with van der Waals surface area (Å²) in [6.07, 6.45) is 0. The summed E-state index contributed by atoms with van der Waals surface area (Å²) in [5, 5.41) is 8.19. The molecule has 0 saturated carbocycles. The average molecular weight is 111 g/mol. The van der Waals surface area contributed by atoms with Crippen LogP contribution in [0, 0.1) is 17.2 Å². The fourth-order valence-electron chi connectivity index (χ4n) is 0.580. The summed E-state index contributed by atoms with van der Waals surface area (Å²) in [6.45, 7) is 0.410. The van der Waals surface area contributed by atoms with Crippen molar-refractivity contribution in [1.29, 1.82) is 5.26 Å². The Morgan fingerprint density at radius 1 is 1.88 bits per heavy atom. The number of rotatable bonds is 0. The number of hydrogen-bond acceptors (Lipinski definition) is 3. The monoisotopic (exact) mass is 111 g/mol. The van der Waals surface area contributed by atoms with E-state index < -0.39 is 5.92 Å². The zero-order chi connectivity index (χ0) is 5.98. The highest BCUT2D eigenvalue weighted by atomic mass is 16.5. The van der Waals surface area contributed by atoms with Gasteiger partial charge in [-0.05, 0) is 0 Å². The highest BCUT2D eigenvalue weighted by Crippen LogP contribution is 2.05. The number of hydrogen-bond donors (Lipinski definition) is 0. The summed E-state index contributed by atoms with van der Waals surface area (Å²) < 4.78 is 4.69. The second-order valence-corrected chi connectivity index (χ2v) is 1.66. The Bertz CT molecular complexity index is 147. The lowest BCUT2D eigenvalue weighted by Crippen LogP contribution is -2.07. The Kier molecular flexibility index (Phi) is 1.27. The Hall–Kier alpha value is -0.880. The summed E-state index contributed by atoms with van der Waals surface area (Å²) in [5.74, 6) is -0.581. The van der Waals surface area contributed by atoms with Crippen LogP contribution in [0.2, 0.25) is 0 Å². The van der Waals surface area contributed by atoms with Crippen LogP contribution in [0.4, 0.5) is 0 Å². The molecule has 1 aliphatic rings. The lowest BCUT2D eigenvalue weighted by molar-refractivity contribution is -0.119. The van der Waals surface area contributed by atoms with Gasteiger partial charge in [0, 0.05) is 0 Å². The maximum Gasteiger partial charge on any atom is 0.177 e. The number of Topliss-reactive ketones (excluding diaryl/α,β-unsaturated/α-hetero) is 1. The number of nitrogens with zero attached hydrogens (tertiary/aromatic N) is 1. The van der Waals surface area contributed by atoms with Gasteiger partial charge in [-0.15, -0.1) is 0 Å². The Balaban J connectivity index is 2.58. The van der Waals surface area contributed by atoms with Crippen molar-refractivity contribution in [3.05, 3.63) is 0 Å². The standard InChI is InChI=1S/C5H5NO2/c6-1-4-2-8-3-5(4)7/h4H,2-3H2/t4-/m0/s1. The van der Waals surface area contributed by atoms with E-state index >= 15 is 0 Å². The summed E-state index contributed by atoms with van der Waals surface area (Å²) in [7, 11) is 0. The van der Waals surface area contributed by atoms with Crippen molar-refractivity contribution in [1.82, 2.24) is 0 Å². The van der Waals surface area contributed by atoms with Gasteiger partial charge in [0.2, 0.25) is 0 Å². The van der Waals surface area contributed by atoms with Crippen molar-refractivity contribution >= 4 is 5.78 Å². The van der Waals surface area contributed by atoms with Crippen molar-refractivity contribution in [3.63, 3.8) is 0 Å². The third kappa shape index (κ3) is 0.703. The molecular formula is C5H5NO2. The van der Waals surface area contributed by atoms with Crippen LogP contribution in [0.3, 0.4) is 0 Å². The zero-order valence-electron chi connectivity index (χ0n) is 4.26. The van der Waals surface area contributed by atoms with E-state index in [-0.39, 0.29) is 19.0 Å². The molecule has 3 heteroatoms. The van der Waals surface area contributed by atoms with Crippen LogP contribution in [0.25, 0.3) is 0 Å². The first kappa shape index (κ1) is 5.26. The van der Waals surface area contributed by atoms with Gasteiger partial charge in [-0.2, -0.15) is 5.26 Å². The van der Waals surface area contributed by atoms with Gasteiger partial charge in [0.25, 0.3) is 0 Å². The molecule has 3 nitrogen and oxygen atoms in total. The van der Waals surface area contributed by atoms with E-state index in [2.05, 4.69) is 4.74 Å². The van der Waals surface area contributed by atoms with Crippen molar-refractivity contribution in [2.24, 2.45) is 5.92 Å². The highest BCUT2D eigenvalue weighted by molar-refractivity contribution is 5.86. The number of ketones is 1. The number of carbonyl (C=O) groups is 1. The predicted octanol–water partition coefficient (Wildman–Crippen LogP) is -0.275. The van der Waals surface area contributed by atoms with Crippen LogP contribution < -0.4 is 0 Å². The fraction of sp³-hybridized carbons (Fsp3) is 0.600. The summed E-state index contributed by atoms with van der Waals surface area (Å²) in [6, 6.07) is 1.84. The molecule has 0 aromatic carbocycles. The molecule has 1 saturated heterocycles. The van der Waals surface area contributed by atoms with Crippen LogP contribution in [0.15, 0.2) is 0 Å². The molecule has 0 aromatic heterocycles. The van der Waals surface area contributed by atoms with E-state index in [0.717, 1.165) is 0 Å². The highest BCUT2D eigenvalue weighted by Gasteiger charge is 2.24. The molecule has 0 radical (unpaired) electrons. The van der Waals surface area contributed by atoms with Crippen molar-refractivity contribution < 1.29 is 9.53 Å². The molecule has 0 aliphatic carbocycles. The van der Waals surface area contributed by atoms with E-state index in [4.69, 9.17) is 5.26 Å². The van der Waals surface area contributed by atoms with Crippen LogP contribution in [0.1, 0.15) is 0 Å². The van der Waals surface area contributed by atoms with Crippen LogP contribution in [-0.4, -0.2) is 19.0 Å². The molecule has 0 N–H and O–H groups in total. The Morgan fingerprint density at radius 3 is 2.88 bits per heavy atom. The molecule has 8 heavy (non-hydrogen) atoms. The molecule has 1 aliphatic heterocycles. The minimum absolute atomic E-state index is 0.0903. The molecular weight excluding hydrogens is 106 g/mol. The van der Waals surface area contributed by atoms with Crippen LogP contribution in [-0.2, 0) is 9.53 Å². The van der Waals surface area contributed by atoms with E-state index in [0.29, 0.717) is 0 Å². The van der Waals surface area contributed by atoms with Gasteiger partial charge in [0.05, 0.1) is 12.7 Å². The lowest BCUT2D eigenvalue weighted by Gasteiger charge is -1.85. The third-order valence-electron chi connectivity index (χ3n) is 1.07. The maximum atomic E-state index is 10.5. The zero-order valence-corrected chi connectivity index (χ0v) is 4.26. The van der Waals surface area contributed by atoms with Gasteiger partial charge in [0.1, 0.15) is 12.5 Å². The molecule has 1 heterocycles. The second kappa shape index (κ2) is 1.93. The number of nitriles is 1. The Morgan fingerprint density at radius 2 is 2.62 bits per heavy atom. The molecule has 1 rings (SSSR count). The second-order valence-electron chi connectivity index (χ2n) is 1.66. The van der Waals surface area contributed by atoms with Crippen molar-refractivity contribution in [2.45, 2.75) is 0 Å². The first-order chi connectivity index (χ1) is 3.84. The smallest absolute Gasteiger partial charge is 0.177 e. The van der Waals surface area contributed by atoms with Gasteiger partial charge < -0.3 is 4.74 Å². The summed E-state index contributed by atoms with van der Waals surface area (Å²) in [4.78, 5) is 10.5. The number of carbonyl (C=O) groups excluding carboxylic acids is 1. The quantitative estimate of drug-likeness (QED) is 0.432. The molecule has 0 aromatic rings.